The SMILES string of the molecule is CCCC(CCC)C(NCC)c1cccs1. The highest BCUT2D eigenvalue weighted by Crippen LogP contribution is 2.32. The molecule has 0 aliphatic carbocycles. The molecule has 0 aliphatic heterocycles. The summed E-state index contributed by atoms with van der Waals surface area (Å²) in [7, 11) is 0. The maximum Gasteiger partial charge on any atom is 0.0443 e. The molecule has 0 amide bonds. The Morgan fingerprint density at radius 3 is 2.31 bits per heavy atom. The first-order valence-electron chi connectivity index (χ1n) is 6.60. The fourth-order valence-electron chi connectivity index (χ4n) is 2.41. The highest BCUT2D eigenvalue weighted by molar-refractivity contribution is 7.10. The van der Waals surface area contributed by atoms with E-state index in [1.807, 2.05) is 11.3 Å². The molecule has 1 aromatic rings. The van der Waals surface area contributed by atoms with Crippen LogP contribution >= 0.6 is 11.3 Å². The normalized spacial score (nSPS) is 13.2. The van der Waals surface area contributed by atoms with E-state index < -0.39 is 0 Å². The third-order valence-corrected chi connectivity index (χ3v) is 4.02. The number of hydrogen-bond donors (Lipinski definition) is 1. The fourth-order valence-corrected chi connectivity index (χ4v) is 3.30. The predicted octanol–water partition coefficient (Wildman–Crippen LogP) is 4.62. The first-order chi connectivity index (χ1) is 7.83. The lowest BCUT2D eigenvalue weighted by Crippen LogP contribution is -2.27. The average Bonchev–Trinajstić information content (AvgIpc) is 2.79. The molecular weight excluding hydrogens is 214 g/mol. The van der Waals surface area contributed by atoms with Gasteiger partial charge in [-0.1, -0.05) is 39.7 Å². The summed E-state index contributed by atoms with van der Waals surface area (Å²) in [5.74, 6) is 0.800. The van der Waals surface area contributed by atoms with E-state index in [-0.39, 0.29) is 0 Å². The molecule has 0 bridgehead atoms. The van der Waals surface area contributed by atoms with E-state index in [4.69, 9.17) is 0 Å². The summed E-state index contributed by atoms with van der Waals surface area (Å²) in [6, 6.07) is 5.01. The molecule has 16 heavy (non-hydrogen) atoms. The summed E-state index contributed by atoms with van der Waals surface area (Å²) in [6.45, 7) is 7.85. The topological polar surface area (TPSA) is 12.0 Å². The van der Waals surface area contributed by atoms with Gasteiger partial charge >= 0.3 is 0 Å². The Hall–Kier alpha value is -0.340. The van der Waals surface area contributed by atoms with Gasteiger partial charge in [0.2, 0.25) is 0 Å². The van der Waals surface area contributed by atoms with Crippen LogP contribution in [0, 0.1) is 5.92 Å². The molecular formula is C14H25NS. The molecule has 0 radical (unpaired) electrons. The highest BCUT2D eigenvalue weighted by atomic mass is 32.1. The molecule has 1 aromatic heterocycles. The first kappa shape index (κ1) is 13.7. The molecule has 1 nitrogen and oxygen atoms in total. The zero-order valence-electron chi connectivity index (χ0n) is 10.8. The minimum Gasteiger partial charge on any atom is -0.309 e. The Bertz CT molecular complexity index is 250. The van der Waals surface area contributed by atoms with Crippen LogP contribution in [0.2, 0.25) is 0 Å². The van der Waals surface area contributed by atoms with Gasteiger partial charge in [0.05, 0.1) is 0 Å². The molecule has 0 saturated heterocycles. The first-order valence-corrected chi connectivity index (χ1v) is 7.48. The summed E-state index contributed by atoms with van der Waals surface area (Å²) in [5, 5.41) is 5.85. The van der Waals surface area contributed by atoms with Gasteiger partial charge < -0.3 is 5.32 Å². The fraction of sp³-hybridized carbons (Fsp3) is 0.714. The Morgan fingerprint density at radius 1 is 1.19 bits per heavy atom. The van der Waals surface area contributed by atoms with Gasteiger partial charge in [-0.3, -0.25) is 0 Å². The van der Waals surface area contributed by atoms with E-state index in [2.05, 4.69) is 43.6 Å². The molecule has 1 heterocycles. The monoisotopic (exact) mass is 239 g/mol. The number of thiophene rings is 1. The number of nitrogens with one attached hydrogen (secondary N) is 1. The van der Waals surface area contributed by atoms with Crippen molar-refractivity contribution in [1.82, 2.24) is 5.32 Å². The zero-order chi connectivity index (χ0) is 11.8. The van der Waals surface area contributed by atoms with E-state index >= 15 is 0 Å². The average molecular weight is 239 g/mol. The van der Waals surface area contributed by atoms with Crippen LogP contribution in [0.5, 0.6) is 0 Å². The van der Waals surface area contributed by atoms with Crippen molar-refractivity contribution in [3.05, 3.63) is 22.4 Å². The second-order valence-electron chi connectivity index (χ2n) is 4.39. The zero-order valence-corrected chi connectivity index (χ0v) is 11.6. The predicted molar refractivity (Wildman–Crippen MR) is 74.0 cm³/mol. The van der Waals surface area contributed by atoms with Crippen LogP contribution in [-0.4, -0.2) is 6.54 Å². The van der Waals surface area contributed by atoms with Crippen LogP contribution in [0.15, 0.2) is 17.5 Å². The maximum atomic E-state index is 3.67. The standard InChI is InChI=1S/C14H25NS/c1-4-8-12(9-5-2)14(15-6-3)13-10-7-11-16-13/h7,10-12,14-15H,4-6,8-9H2,1-3H3. The molecule has 0 aliphatic rings. The van der Waals surface area contributed by atoms with E-state index in [1.54, 1.807) is 0 Å². The van der Waals surface area contributed by atoms with Crippen LogP contribution in [-0.2, 0) is 0 Å². The molecule has 2 heteroatoms. The Kier molecular flexibility index (Phi) is 6.74. The van der Waals surface area contributed by atoms with E-state index in [9.17, 15) is 0 Å². The summed E-state index contributed by atoms with van der Waals surface area (Å²) < 4.78 is 0. The third-order valence-electron chi connectivity index (χ3n) is 3.06. The third kappa shape index (κ3) is 3.91. The molecule has 0 fully saturated rings. The Balaban J connectivity index is 2.72. The van der Waals surface area contributed by atoms with Gasteiger partial charge in [-0.2, -0.15) is 0 Å². The molecule has 1 atom stereocenters. The van der Waals surface area contributed by atoms with Crippen LogP contribution in [0.4, 0.5) is 0 Å². The van der Waals surface area contributed by atoms with Gasteiger partial charge in [0.1, 0.15) is 0 Å². The van der Waals surface area contributed by atoms with Gasteiger partial charge in [-0.05, 0) is 36.8 Å². The van der Waals surface area contributed by atoms with Crippen molar-refractivity contribution in [3.63, 3.8) is 0 Å². The van der Waals surface area contributed by atoms with Crippen LogP contribution < -0.4 is 5.32 Å². The van der Waals surface area contributed by atoms with Gasteiger partial charge in [-0.25, -0.2) is 0 Å². The Labute approximate surface area is 104 Å². The molecule has 92 valence electrons. The van der Waals surface area contributed by atoms with Gasteiger partial charge in [0.25, 0.3) is 0 Å². The van der Waals surface area contributed by atoms with Crippen molar-refractivity contribution < 1.29 is 0 Å². The highest BCUT2D eigenvalue weighted by Gasteiger charge is 2.21. The van der Waals surface area contributed by atoms with Crippen LogP contribution in [0.1, 0.15) is 57.4 Å². The largest absolute Gasteiger partial charge is 0.309 e. The van der Waals surface area contributed by atoms with Crippen molar-refractivity contribution in [2.24, 2.45) is 5.92 Å². The minimum atomic E-state index is 0.574. The number of rotatable bonds is 8. The van der Waals surface area contributed by atoms with Gasteiger partial charge in [0, 0.05) is 10.9 Å². The molecule has 1 rings (SSSR count). The summed E-state index contributed by atoms with van der Waals surface area (Å²) in [6.07, 6.45) is 5.25. The minimum absolute atomic E-state index is 0.574. The molecule has 0 saturated carbocycles. The quantitative estimate of drug-likeness (QED) is 0.698. The summed E-state index contributed by atoms with van der Waals surface area (Å²) in [4.78, 5) is 1.51. The maximum absolute atomic E-state index is 3.67. The van der Waals surface area contributed by atoms with Crippen LogP contribution in [0.25, 0.3) is 0 Å². The van der Waals surface area contributed by atoms with Crippen molar-refractivity contribution in [1.29, 1.82) is 0 Å². The lowest BCUT2D eigenvalue weighted by atomic mass is 9.89. The molecule has 0 aromatic carbocycles. The van der Waals surface area contributed by atoms with Gasteiger partial charge in [0.15, 0.2) is 0 Å². The summed E-state index contributed by atoms with van der Waals surface area (Å²) in [5.41, 5.74) is 0. The molecule has 1 unspecified atom stereocenters. The van der Waals surface area contributed by atoms with Gasteiger partial charge in [-0.15, -0.1) is 11.3 Å². The molecule has 1 N–H and O–H groups in total. The second kappa shape index (κ2) is 7.86. The number of hydrogen-bond acceptors (Lipinski definition) is 2. The lowest BCUT2D eigenvalue weighted by Gasteiger charge is -2.26. The molecule has 0 spiro atoms. The summed E-state index contributed by atoms with van der Waals surface area (Å²) >= 11 is 1.89. The second-order valence-corrected chi connectivity index (χ2v) is 5.37. The van der Waals surface area contributed by atoms with Crippen molar-refractivity contribution in [2.75, 3.05) is 6.54 Å². The van der Waals surface area contributed by atoms with Crippen molar-refractivity contribution in [3.8, 4) is 0 Å². The van der Waals surface area contributed by atoms with E-state index in [0.717, 1.165) is 12.5 Å². The van der Waals surface area contributed by atoms with Crippen LogP contribution in [0.3, 0.4) is 0 Å². The lowest BCUT2D eigenvalue weighted by molar-refractivity contribution is 0.324. The van der Waals surface area contributed by atoms with E-state index in [1.165, 1.54) is 30.6 Å². The smallest absolute Gasteiger partial charge is 0.0443 e. The van der Waals surface area contributed by atoms with Crippen molar-refractivity contribution >= 4 is 11.3 Å². The van der Waals surface area contributed by atoms with Crippen molar-refractivity contribution in [2.45, 2.75) is 52.5 Å². The van der Waals surface area contributed by atoms with E-state index in [0.29, 0.717) is 6.04 Å². The Morgan fingerprint density at radius 2 is 1.88 bits per heavy atom.